The Morgan fingerprint density at radius 3 is 2.75 bits per heavy atom. The van der Waals surface area contributed by atoms with E-state index >= 15 is 0 Å². The lowest BCUT2D eigenvalue weighted by Gasteiger charge is -2.21. The molecule has 1 aliphatic carbocycles. The molecule has 0 aromatic rings. The molecule has 0 spiro atoms. The molecule has 1 fully saturated rings. The summed E-state index contributed by atoms with van der Waals surface area (Å²) in [6, 6.07) is 0. The lowest BCUT2D eigenvalue weighted by Crippen LogP contribution is -2.27. The minimum Gasteiger partial charge on any atom is -0.409 e. The van der Waals surface area contributed by atoms with Gasteiger partial charge in [0, 0.05) is 19.5 Å². The third-order valence-electron chi connectivity index (χ3n) is 2.87. The molecule has 16 heavy (non-hydrogen) atoms. The van der Waals surface area contributed by atoms with Crippen LogP contribution in [0.15, 0.2) is 5.16 Å². The maximum atomic E-state index is 8.32. The van der Waals surface area contributed by atoms with Crippen molar-refractivity contribution in [1.29, 1.82) is 0 Å². The van der Waals surface area contributed by atoms with Crippen molar-refractivity contribution in [2.45, 2.75) is 44.6 Å². The van der Waals surface area contributed by atoms with Crippen LogP contribution in [0.25, 0.3) is 0 Å². The van der Waals surface area contributed by atoms with E-state index in [2.05, 4.69) is 10.5 Å². The highest BCUT2D eigenvalue weighted by molar-refractivity contribution is 5.79. The predicted octanol–water partition coefficient (Wildman–Crippen LogP) is 1.06. The van der Waals surface area contributed by atoms with Crippen LogP contribution in [0, 0.1) is 0 Å². The average Bonchev–Trinajstić information content (AvgIpc) is 2.34. The number of nitrogens with zero attached hydrogens (tertiary/aromatic N) is 1. The van der Waals surface area contributed by atoms with Crippen LogP contribution in [-0.2, 0) is 4.74 Å². The molecule has 0 aliphatic heterocycles. The molecular formula is C11H23N3O2. The zero-order valence-corrected chi connectivity index (χ0v) is 9.82. The van der Waals surface area contributed by atoms with Crippen molar-refractivity contribution in [2.75, 3.05) is 19.7 Å². The Kier molecular flexibility index (Phi) is 6.92. The lowest BCUT2D eigenvalue weighted by atomic mass is 9.98. The van der Waals surface area contributed by atoms with E-state index in [1.54, 1.807) is 0 Å². The van der Waals surface area contributed by atoms with E-state index in [9.17, 15) is 0 Å². The van der Waals surface area contributed by atoms with Crippen LogP contribution < -0.4 is 11.1 Å². The maximum Gasteiger partial charge on any atom is 0.140 e. The van der Waals surface area contributed by atoms with Gasteiger partial charge in [0.1, 0.15) is 5.84 Å². The topological polar surface area (TPSA) is 79.9 Å². The van der Waals surface area contributed by atoms with Gasteiger partial charge < -0.3 is 21.0 Å². The number of oxime groups is 1. The summed E-state index contributed by atoms with van der Waals surface area (Å²) in [4.78, 5) is 0. The minimum atomic E-state index is 0.265. The molecule has 5 nitrogen and oxygen atoms in total. The first-order valence-electron chi connectivity index (χ1n) is 6.11. The van der Waals surface area contributed by atoms with E-state index in [1.807, 2.05) is 0 Å². The summed E-state index contributed by atoms with van der Waals surface area (Å²) < 4.78 is 5.74. The van der Waals surface area contributed by atoms with Gasteiger partial charge in [0.25, 0.3) is 0 Å². The van der Waals surface area contributed by atoms with Crippen molar-refractivity contribution in [3.05, 3.63) is 0 Å². The van der Waals surface area contributed by atoms with Gasteiger partial charge in [-0.15, -0.1) is 0 Å². The number of nitrogens with one attached hydrogen (secondary N) is 1. The van der Waals surface area contributed by atoms with Crippen LogP contribution in [-0.4, -0.2) is 36.8 Å². The normalized spacial score (nSPS) is 18.9. The van der Waals surface area contributed by atoms with Crippen molar-refractivity contribution in [2.24, 2.45) is 10.9 Å². The van der Waals surface area contributed by atoms with E-state index in [0.717, 1.165) is 19.7 Å². The Labute approximate surface area is 97.0 Å². The molecule has 1 saturated carbocycles. The van der Waals surface area contributed by atoms with E-state index < -0.39 is 0 Å². The van der Waals surface area contributed by atoms with Gasteiger partial charge in [0.05, 0.1) is 12.7 Å². The van der Waals surface area contributed by atoms with Gasteiger partial charge in [-0.05, 0) is 12.8 Å². The standard InChI is InChI=1S/C11H23N3O2/c12-11(14-15)6-7-13-8-9-16-10-4-2-1-3-5-10/h10,13,15H,1-9H2,(H2,12,14). The molecule has 0 atom stereocenters. The largest absolute Gasteiger partial charge is 0.409 e. The maximum absolute atomic E-state index is 8.32. The van der Waals surface area contributed by atoms with Crippen molar-refractivity contribution in [1.82, 2.24) is 5.32 Å². The van der Waals surface area contributed by atoms with E-state index in [4.69, 9.17) is 15.7 Å². The fourth-order valence-electron chi connectivity index (χ4n) is 1.92. The number of amidine groups is 1. The quantitative estimate of drug-likeness (QED) is 0.200. The van der Waals surface area contributed by atoms with E-state index in [0.29, 0.717) is 12.5 Å². The average molecular weight is 229 g/mol. The molecule has 0 radical (unpaired) electrons. The lowest BCUT2D eigenvalue weighted by molar-refractivity contribution is 0.0304. The second-order valence-electron chi connectivity index (χ2n) is 4.22. The number of hydrogen-bond donors (Lipinski definition) is 3. The van der Waals surface area contributed by atoms with Crippen molar-refractivity contribution >= 4 is 5.84 Å². The van der Waals surface area contributed by atoms with Gasteiger partial charge in [-0.2, -0.15) is 0 Å². The second kappa shape index (κ2) is 8.35. The third-order valence-corrected chi connectivity index (χ3v) is 2.87. The van der Waals surface area contributed by atoms with Gasteiger partial charge >= 0.3 is 0 Å². The van der Waals surface area contributed by atoms with Crippen LogP contribution in [0.2, 0.25) is 0 Å². The third kappa shape index (κ3) is 5.92. The molecule has 4 N–H and O–H groups in total. The van der Waals surface area contributed by atoms with Crippen molar-refractivity contribution in [3.8, 4) is 0 Å². The monoisotopic (exact) mass is 229 g/mol. The number of ether oxygens (including phenoxy) is 1. The van der Waals surface area contributed by atoms with E-state index in [1.165, 1.54) is 32.1 Å². The molecular weight excluding hydrogens is 206 g/mol. The Morgan fingerprint density at radius 2 is 2.06 bits per heavy atom. The molecule has 0 heterocycles. The first-order chi connectivity index (χ1) is 7.83. The minimum absolute atomic E-state index is 0.265. The van der Waals surface area contributed by atoms with Crippen LogP contribution in [0.4, 0.5) is 0 Å². The first-order valence-corrected chi connectivity index (χ1v) is 6.11. The van der Waals surface area contributed by atoms with Gasteiger partial charge in [0.15, 0.2) is 0 Å². The number of nitrogens with two attached hydrogens (primary N) is 1. The molecule has 1 rings (SSSR count). The highest BCUT2D eigenvalue weighted by atomic mass is 16.5. The van der Waals surface area contributed by atoms with Crippen LogP contribution in [0.3, 0.4) is 0 Å². The Bertz CT molecular complexity index is 203. The molecule has 0 unspecified atom stereocenters. The highest BCUT2D eigenvalue weighted by Crippen LogP contribution is 2.19. The number of hydrogen-bond acceptors (Lipinski definition) is 4. The molecule has 0 amide bonds. The summed E-state index contributed by atoms with van der Waals surface area (Å²) in [6.07, 6.45) is 7.44. The van der Waals surface area contributed by atoms with Gasteiger partial charge in [0.2, 0.25) is 0 Å². The zero-order chi connectivity index (χ0) is 11.6. The predicted molar refractivity (Wildman–Crippen MR) is 63.7 cm³/mol. The Morgan fingerprint density at radius 1 is 1.31 bits per heavy atom. The molecule has 0 saturated heterocycles. The molecule has 0 aromatic heterocycles. The smallest absolute Gasteiger partial charge is 0.140 e. The summed E-state index contributed by atoms with van der Waals surface area (Å²) in [6.45, 7) is 2.31. The van der Waals surface area contributed by atoms with Crippen LogP contribution in [0.1, 0.15) is 38.5 Å². The summed E-state index contributed by atoms with van der Waals surface area (Å²) in [5, 5.41) is 14.4. The van der Waals surface area contributed by atoms with Crippen LogP contribution >= 0.6 is 0 Å². The fourth-order valence-corrected chi connectivity index (χ4v) is 1.92. The highest BCUT2D eigenvalue weighted by Gasteiger charge is 2.12. The molecule has 0 aromatic carbocycles. The summed E-state index contributed by atoms with van der Waals surface area (Å²) >= 11 is 0. The first kappa shape index (κ1) is 13.3. The molecule has 0 bridgehead atoms. The Balaban J connectivity index is 1.87. The van der Waals surface area contributed by atoms with Gasteiger partial charge in [-0.3, -0.25) is 0 Å². The van der Waals surface area contributed by atoms with Crippen molar-refractivity contribution < 1.29 is 9.94 Å². The fraction of sp³-hybridized carbons (Fsp3) is 0.909. The summed E-state index contributed by atoms with van der Waals surface area (Å²) in [7, 11) is 0. The molecule has 94 valence electrons. The van der Waals surface area contributed by atoms with Gasteiger partial charge in [-0.25, -0.2) is 0 Å². The van der Waals surface area contributed by atoms with Gasteiger partial charge in [-0.1, -0.05) is 24.4 Å². The Hall–Kier alpha value is -0.810. The van der Waals surface area contributed by atoms with Crippen LogP contribution in [0.5, 0.6) is 0 Å². The summed E-state index contributed by atoms with van der Waals surface area (Å²) in [5.41, 5.74) is 5.33. The SMILES string of the molecule is NC(CCNCCOC1CCCCC1)=NO. The number of rotatable bonds is 7. The molecule has 5 heteroatoms. The second-order valence-corrected chi connectivity index (χ2v) is 4.22. The zero-order valence-electron chi connectivity index (χ0n) is 9.82. The van der Waals surface area contributed by atoms with Crippen molar-refractivity contribution in [3.63, 3.8) is 0 Å². The molecule has 1 aliphatic rings. The van der Waals surface area contributed by atoms with E-state index in [-0.39, 0.29) is 5.84 Å². The summed E-state index contributed by atoms with van der Waals surface area (Å²) in [5.74, 6) is 0.265.